The number of nitrogens with two attached hydrogens (primary N) is 1. The fourth-order valence-corrected chi connectivity index (χ4v) is 2.45. The van der Waals surface area contributed by atoms with Gasteiger partial charge in [0.25, 0.3) is 0 Å². The zero-order valence-electron chi connectivity index (χ0n) is 7.50. The standard InChI is InChI=1S/C10H11Cl2NO/c11-5-3-7-6(8(12)4-5)1-2-9(13)10(7)14/h3-4,9-10,14H,1-2,13H2. The Labute approximate surface area is 92.6 Å². The number of benzene rings is 1. The summed E-state index contributed by atoms with van der Waals surface area (Å²) in [6.07, 6.45) is 0.925. The third-order valence-corrected chi connectivity index (χ3v) is 3.20. The van der Waals surface area contributed by atoms with Crippen molar-refractivity contribution >= 4 is 23.2 Å². The fraction of sp³-hybridized carbons (Fsp3) is 0.400. The van der Waals surface area contributed by atoms with E-state index in [0.29, 0.717) is 10.0 Å². The first-order valence-corrected chi connectivity index (χ1v) is 5.26. The lowest BCUT2D eigenvalue weighted by Gasteiger charge is -2.28. The molecule has 0 heterocycles. The van der Waals surface area contributed by atoms with Crippen LogP contribution in [-0.4, -0.2) is 11.1 Å². The predicted molar refractivity (Wildman–Crippen MR) is 57.7 cm³/mol. The molecule has 4 heteroatoms. The molecule has 2 atom stereocenters. The SMILES string of the molecule is NC1CCc2c(Cl)cc(Cl)cc2C1O. The van der Waals surface area contributed by atoms with Gasteiger partial charge in [0.05, 0.1) is 6.10 Å². The minimum atomic E-state index is -0.644. The van der Waals surface area contributed by atoms with Crippen molar-refractivity contribution in [2.45, 2.75) is 25.0 Å². The Morgan fingerprint density at radius 3 is 2.79 bits per heavy atom. The lowest BCUT2D eigenvalue weighted by molar-refractivity contribution is 0.134. The Morgan fingerprint density at radius 1 is 1.36 bits per heavy atom. The van der Waals surface area contributed by atoms with Crippen LogP contribution in [0.4, 0.5) is 0 Å². The quantitative estimate of drug-likeness (QED) is 0.720. The molecule has 2 rings (SSSR count). The van der Waals surface area contributed by atoms with E-state index in [2.05, 4.69) is 0 Å². The van der Waals surface area contributed by atoms with E-state index >= 15 is 0 Å². The second-order valence-corrected chi connectivity index (χ2v) is 4.45. The lowest BCUT2D eigenvalue weighted by Crippen LogP contribution is -2.33. The molecule has 0 aromatic heterocycles. The molecule has 76 valence electrons. The Hall–Kier alpha value is -0.280. The molecule has 0 saturated heterocycles. The van der Waals surface area contributed by atoms with Crippen LogP contribution in [-0.2, 0) is 6.42 Å². The summed E-state index contributed by atoms with van der Waals surface area (Å²) < 4.78 is 0. The molecule has 1 aliphatic rings. The summed E-state index contributed by atoms with van der Waals surface area (Å²) in [5, 5.41) is 11.0. The van der Waals surface area contributed by atoms with Crippen LogP contribution in [0.5, 0.6) is 0 Å². The molecule has 0 fully saturated rings. The van der Waals surface area contributed by atoms with Crippen molar-refractivity contribution in [3.63, 3.8) is 0 Å². The minimum absolute atomic E-state index is 0.211. The molecule has 2 unspecified atom stereocenters. The van der Waals surface area contributed by atoms with Gasteiger partial charge in [-0.3, -0.25) is 0 Å². The summed E-state index contributed by atoms with van der Waals surface area (Å²) in [6.45, 7) is 0. The molecule has 3 N–H and O–H groups in total. The van der Waals surface area contributed by atoms with Gasteiger partial charge in [0.1, 0.15) is 0 Å². The summed E-state index contributed by atoms with van der Waals surface area (Å²) in [4.78, 5) is 0. The molecule has 2 nitrogen and oxygen atoms in total. The van der Waals surface area contributed by atoms with E-state index in [1.807, 2.05) is 0 Å². The smallest absolute Gasteiger partial charge is 0.0944 e. The Bertz CT molecular complexity index is 367. The molecule has 0 radical (unpaired) electrons. The molecule has 1 aromatic carbocycles. The van der Waals surface area contributed by atoms with Crippen molar-refractivity contribution in [3.05, 3.63) is 33.3 Å². The highest BCUT2D eigenvalue weighted by Crippen LogP contribution is 2.35. The first-order chi connectivity index (χ1) is 6.59. The molecular weight excluding hydrogens is 221 g/mol. The molecular formula is C10H11Cl2NO. The van der Waals surface area contributed by atoms with Crippen LogP contribution < -0.4 is 5.73 Å². The van der Waals surface area contributed by atoms with Crippen molar-refractivity contribution in [2.24, 2.45) is 5.73 Å². The van der Waals surface area contributed by atoms with Crippen LogP contribution >= 0.6 is 23.2 Å². The summed E-state index contributed by atoms with van der Waals surface area (Å²) in [6, 6.07) is 3.23. The van der Waals surface area contributed by atoms with Crippen molar-refractivity contribution < 1.29 is 5.11 Å². The van der Waals surface area contributed by atoms with Gasteiger partial charge in [0.15, 0.2) is 0 Å². The largest absolute Gasteiger partial charge is 0.387 e. The van der Waals surface area contributed by atoms with Crippen molar-refractivity contribution in [3.8, 4) is 0 Å². The maximum absolute atomic E-state index is 9.84. The average Bonchev–Trinajstić information content (AvgIpc) is 2.12. The van der Waals surface area contributed by atoms with E-state index < -0.39 is 6.10 Å². The predicted octanol–water partition coefficient (Wildman–Crippen LogP) is 2.30. The molecule has 0 bridgehead atoms. The van der Waals surface area contributed by atoms with Gasteiger partial charge in [-0.05, 0) is 36.1 Å². The van der Waals surface area contributed by atoms with E-state index in [9.17, 15) is 5.11 Å². The maximum atomic E-state index is 9.84. The third-order valence-electron chi connectivity index (χ3n) is 2.65. The van der Waals surface area contributed by atoms with Gasteiger partial charge in [0, 0.05) is 16.1 Å². The summed E-state index contributed by atoms with van der Waals surface area (Å²) >= 11 is 11.9. The van der Waals surface area contributed by atoms with Gasteiger partial charge in [-0.25, -0.2) is 0 Å². The molecule has 0 amide bonds. The van der Waals surface area contributed by atoms with Crippen LogP contribution in [0.3, 0.4) is 0 Å². The highest BCUT2D eigenvalue weighted by molar-refractivity contribution is 6.35. The maximum Gasteiger partial charge on any atom is 0.0944 e. The highest BCUT2D eigenvalue weighted by atomic mass is 35.5. The monoisotopic (exact) mass is 231 g/mol. The Balaban J connectivity index is 2.54. The van der Waals surface area contributed by atoms with Crippen molar-refractivity contribution in [1.29, 1.82) is 0 Å². The number of halogens is 2. The van der Waals surface area contributed by atoms with Gasteiger partial charge in [0.2, 0.25) is 0 Å². The number of aliphatic hydroxyl groups excluding tert-OH is 1. The Kier molecular flexibility index (Phi) is 2.71. The average molecular weight is 232 g/mol. The zero-order chi connectivity index (χ0) is 10.3. The summed E-state index contributed by atoms with van der Waals surface area (Å²) in [5.74, 6) is 0. The van der Waals surface area contributed by atoms with E-state index in [1.54, 1.807) is 12.1 Å². The molecule has 1 aliphatic carbocycles. The van der Waals surface area contributed by atoms with Crippen LogP contribution in [0.2, 0.25) is 10.0 Å². The number of rotatable bonds is 0. The summed E-state index contributed by atoms with van der Waals surface area (Å²) in [7, 11) is 0. The fourth-order valence-electron chi connectivity index (χ4n) is 1.85. The third kappa shape index (κ3) is 1.63. The second-order valence-electron chi connectivity index (χ2n) is 3.60. The van der Waals surface area contributed by atoms with Crippen LogP contribution in [0.25, 0.3) is 0 Å². The van der Waals surface area contributed by atoms with Gasteiger partial charge < -0.3 is 10.8 Å². The second kappa shape index (κ2) is 3.70. The van der Waals surface area contributed by atoms with Gasteiger partial charge in [-0.2, -0.15) is 0 Å². The van der Waals surface area contributed by atoms with Crippen molar-refractivity contribution in [2.75, 3.05) is 0 Å². The number of fused-ring (bicyclic) bond motifs is 1. The topological polar surface area (TPSA) is 46.2 Å². The lowest BCUT2D eigenvalue weighted by atomic mass is 9.86. The normalized spacial score (nSPS) is 26.0. The number of hydrogen-bond acceptors (Lipinski definition) is 2. The van der Waals surface area contributed by atoms with Crippen LogP contribution in [0.15, 0.2) is 12.1 Å². The summed E-state index contributed by atoms with van der Waals surface area (Å²) in [5.41, 5.74) is 7.51. The van der Waals surface area contributed by atoms with Gasteiger partial charge in [-0.1, -0.05) is 23.2 Å². The van der Waals surface area contributed by atoms with Crippen molar-refractivity contribution in [1.82, 2.24) is 0 Å². The number of aliphatic hydroxyl groups is 1. The first-order valence-electron chi connectivity index (χ1n) is 4.51. The first kappa shape index (κ1) is 10.2. The van der Waals surface area contributed by atoms with Crippen LogP contribution in [0.1, 0.15) is 23.7 Å². The molecule has 0 aliphatic heterocycles. The van der Waals surface area contributed by atoms with Gasteiger partial charge >= 0.3 is 0 Å². The van der Waals surface area contributed by atoms with Crippen LogP contribution in [0, 0.1) is 0 Å². The van der Waals surface area contributed by atoms with Gasteiger partial charge in [-0.15, -0.1) is 0 Å². The molecule has 0 saturated carbocycles. The minimum Gasteiger partial charge on any atom is -0.387 e. The molecule has 14 heavy (non-hydrogen) atoms. The molecule has 0 spiro atoms. The highest BCUT2D eigenvalue weighted by Gasteiger charge is 2.26. The van der Waals surface area contributed by atoms with E-state index in [1.165, 1.54) is 0 Å². The Morgan fingerprint density at radius 2 is 2.07 bits per heavy atom. The van der Waals surface area contributed by atoms with E-state index in [-0.39, 0.29) is 6.04 Å². The molecule has 1 aromatic rings. The van der Waals surface area contributed by atoms with E-state index in [4.69, 9.17) is 28.9 Å². The number of hydrogen-bond donors (Lipinski definition) is 2. The zero-order valence-corrected chi connectivity index (χ0v) is 9.02. The van der Waals surface area contributed by atoms with E-state index in [0.717, 1.165) is 24.0 Å².